The minimum Gasteiger partial charge on any atom is -0.358 e. The van der Waals surface area contributed by atoms with Crippen molar-refractivity contribution in [2.24, 2.45) is 0 Å². The van der Waals surface area contributed by atoms with Crippen molar-refractivity contribution in [3.05, 3.63) is 6.20 Å². The van der Waals surface area contributed by atoms with Crippen LogP contribution in [0.3, 0.4) is 0 Å². The highest BCUT2D eigenvalue weighted by Crippen LogP contribution is 2.22. The Kier molecular flexibility index (Phi) is 3.36. The summed E-state index contributed by atoms with van der Waals surface area (Å²) in [4.78, 5) is 20.6. The molecule has 3 rings (SSSR count). The summed E-state index contributed by atoms with van der Waals surface area (Å²) < 4.78 is 0. The minimum atomic E-state index is -0.258. The summed E-state index contributed by atoms with van der Waals surface area (Å²) in [7, 11) is 0. The number of aromatic amines is 1. The van der Waals surface area contributed by atoms with Gasteiger partial charge in [0.2, 0.25) is 11.9 Å². The molecule has 1 saturated heterocycles. The largest absolute Gasteiger partial charge is 0.358 e. The maximum atomic E-state index is 11.8. The van der Waals surface area contributed by atoms with E-state index >= 15 is 0 Å². The summed E-state index contributed by atoms with van der Waals surface area (Å²) in [6.07, 6.45) is 3.42. The van der Waals surface area contributed by atoms with Crippen LogP contribution < -0.4 is 16.0 Å². The molecule has 1 aliphatic rings. The standard InChI is InChI=1S/C12H17N7O/c1-2-13-12-17-9(7-6-15-19-10(7)18-12)16-8-4-3-5-14-11(8)20/h6,8H,2-5H2,1H3,(H,14,20)(H3,13,15,16,17,18,19). The van der Waals surface area contributed by atoms with Gasteiger partial charge in [-0.3, -0.25) is 9.89 Å². The molecule has 1 unspecified atom stereocenters. The van der Waals surface area contributed by atoms with E-state index in [9.17, 15) is 4.79 Å². The van der Waals surface area contributed by atoms with Crippen molar-refractivity contribution in [1.82, 2.24) is 25.5 Å². The molecule has 106 valence electrons. The smallest absolute Gasteiger partial charge is 0.242 e. The zero-order valence-electron chi connectivity index (χ0n) is 11.2. The predicted molar refractivity (Wildman–Crippen MR) is 75.5 cm³/mol. The molecule has 8 heteroatoms. The molecule has 3 heterocycles. The highest BCUT2D eigenvalue weighted by atomic mass is 16.2. The SMILES string of the molecule is CCNc1nc(NC2CCCNC2=O)c2cn[nH]c2n1. The van der Waals surface area contributed by atoms with Gasteiger partial charge in [-0.05, 0) is 19.8 Å². The first-order chi connectivity index (χ1) is 9.78. The second kappa shape index (κ2) is 5.32. The quantitative estimate of drug-likeness (QED) is 0.646. The van der Waals surface area contributed by atoms with Crippen LogP contribution in [0.25, 0.3) is 11.0 Å². The van der Waals surface area contributed by atoms with E-state index in [1.165, 1.54) is 0 Å². The summed E-state index contributed by atoms with van der Waals surface area (Å²) in [5.74, 6) is 1.15. The lowest BCUT2D eigenvalue weighted by molar-refractivity contribution is -0.123. The summed E-state index contributed by atoms with van der Waals surface area (Å²) in [5.41, 5.74) is 0.648. The molecular formula is C12H17N7O. The number of carbonyl (C=O) groups excluding carboxylic acids is 1. The molecule has 1 atom stereocenters. The number of carbonyl (C=O) groups is 1. The Hall–Kier alpha value is -2.38. The molecule has 1 fully saturated rings. The average Bonchev–Trinajstić information content (AvgIpc) is 2.90. The minimum absolute atomic E-state index is 0.0107. The van der Waals surface area contributed by atoms with Crippen molar-refractivity contribution in [2.75, 3.05) is 23.7 Å². The summed E-state index contributed by atoms with van der Waals surface area (Å²) in [6, 6.07) is -0.258. The van der Waals surface area contributed by atoms with Gasteiger partial charge in [0.25, 0.3) is 0 Å². The molecular weight excluding hydrogens is 258 g/mol. The fourth-order valence-corrected chi connectivity index (χ4v) is 2.26. The van der Waals surface area contributed by atoms with E-state index in [0.717, 1.165) is 31.3 Å². The van der Waals surface area contributed by atoms with E-state index in [2.05, 4.69) is 36.1 Å². The van der Waals surface area contributed by atoms with E-state index in [1.54, 1.807) is 6.20 Å². The van der Waals surface area contributed by atoms with Crippen molar-refractivity contribution in [3.8, 4) is 0 Å². The Morgan fingerprint density at radius 2 is 2.35 bits per heavy atom. The Bertz CT molecular complexity index is 623. The van der Waals surface area contributed by atoms with Crippen LogP contribution in [0.4, 0.5) is 11.8 Å². The molecule has 0 aromatic carbocycles. The fourth-order valence-electron chi connectivity index (χ4n) is 2.26. The fraction of sp³-hybridized carbons (Fsp3) is 0.500. The molecule has 20 heavy (non-hydrogen) atoms. The van der Waals surface area contributed by atoms with Crippen molar-refractivity contribution in [3.63, 3.8) is 0 Å². The van der Waals surface area contributed by atoms with Gasteiger partial charge in [0.15, 0.2) is 5.65 Å². The maximum Gasteiger partial charge on any atom is 0.242 e. The molecule has 0 spiro atoms. The van der Waals surface area contributed by atoms with Crippen LogP contribution in [0.15, 0.2) is 6.20 Å². The number of fused-ring (bicyclic) bond motifs is 1. The van der Waals surface area contributed by atoms with Gasteiger partial charge in [-0.15, -0.1) is 0 Å². The van der Waals surface area contributed by atoms with Crippen LogP contribution in [0.1, 0.15) is 19.8 Å². The van der Waals surface area contributed by atoms with E-state index in [0.29, 0.717) is 17.4 Å². The van der Waals surface area contributed by atoms with Crippen molar-refractivity contribution < 1.29 is 4.79 Å². The van der Waals surface area contributed by atoms with Gasteiger partial charge < -0.3 is 16.0 Å². The Morgan fingerprint density at radius 3 is 3.15 bits per heavy atom. The number of H-pyrrole nitrogens is 1. The van der Waals surface area contributed by atoms with E-state index in [1.807, 2.05) is 6.92 Å². The van der Waals surface area contributed by atoms with Gasteiger partial charge in [-0.2, -0.15) is 15.1 Å². The van der Waals surface area contributed by atoms with E-state index in [4.69, 9.17) is 0 Å². The number of aromatic nitrogens is 4. The summed E-state index contributed by atoms with van der Waals surface area (Å²) in [5, 5.41) is 16.7. The molecule has 4 N–H and O–H groups in total. The third-order valence-corrected chi connectivity index (χ3v) is 3.24. The number of hydrogen-bond acceptors (Lipinski definition) is 6. The van der Waals surface area contributed by atoms with Crippen LogP contribution in [0, 0.1) is 0 Å². The lowest BCUT2D eigenvalue weighted by Gasteiger charge is -2.23. The Morgan fingerprint density at radius 1 is 1.45 bits per heavy atom. The summed E-state index contributed by atoms with van der Waals surface area (Å²) >= 11 is 0. The second-order valence-corrected chi connectivity index (χ2v) is 4.69. The van der Waals surface area contributed by atoms with Crippen LogP contribution in [0.2, 0.25) is 0 Å². The third kappa shape index (κ3) is 2.36. The van der Waals surface area contributed by atoms with Crippen LogP contribution in [-0.4, -0.2) is 45.2 Å². The normalized spacial score (nSPS) is 18.9. The molecule has 1 aliphatic heterocycles. The number of anilines is 2. The van der Waals surface area contributed by atoms with Crippen molar-refractivity contribution in [1.29, 1.82) is 0 Å². The first-order valence-electron chi connectivity index (χ1n) is 6.77. The zero-order valence-corrected chi connectivity index (χ0v) is 11.2. The van der Waals surface area contributed by atoms with E-state index in [-0.39, 0.29) is 11.9 Å². The van der Waals surface area contributed by atoms with Gasteiger partial charge in [-0.25, -0.2) is 0 Å². The molecule has 8 nitrogen and oxygen atoms in total. The Balaban J connectivity index is 1.92. The second-order valence-electron chi connectivity index (χ2n) is 4.69. The van der Waals surface area contributed by atoms with Crippen molar-refractivity contribution in [2.45, 2.75) is 25.8 Å². The zero-order chi connectivity index (χ0) is 13.9. The van der Waals surface area contributed by atoms with Crippen LogP contribution in [-0.2, 0) is 4.79 Å². The number of rotatable bonds is 4. The van der Waals surface area contributed by atoms with Gasteiger partial charge in [0, 0.05) is 13.1 Å². The van der Waals surface area contributed by atoms with E-state index < -0.39 is 0 Å². The first-order valence-corrected chi connectivity index (χ1v) is 6.77. The number of nitrogens with one attached hydrogen (secondary N) is 4. The highest BCUT2D eigenvalue weighted by molar-refractivity contribution is 5.91. The van der Waals surface area contributed by atoms with Gasteiger partial charge >= 0.3 is 0 Å². The molecule has 0 radical (unpaired) electrons. The number of hydrogen-bond donors (Lipinski definition) is 4. The topological polar surface area (TPSA) is 108 Å². The summed E-state index contributed by atoms with van der Waals surface area (Å²) in [6.45, 7) is 3.44. The molecule has 2 aromatic rings. The van der Waals surface area contributed by atoms with Gasteiger partial charge in [-0.1, -0.05) is 0 Å². The van der Waals surface area contributed by atoms with Gasteiger partial charge in [0.1, 0.15) is 11.9 Å². The molecule has 2 aromatic heterocycles. The number of piperidine rings is 1. The van der Waals surface area contributed by atoms with Crippen molar-refractivity contribution >= 4 is 28.7 Å². The monoisotopic (exact) mass is 275 g/mol. The maximum absolute atomic E-state index is 11.8. The number of nitrogens with zero attached hydrogens (tertiary/aromatic N) is 3. The predicted octanol–water partition coefficient (Wildman–Crippen LogP) is 0.475. The van der Waals surface area contributed by atoms with Crippen LogP contribution in [0.5, 0.6) is 0 Å². The Labute approximate surface area is 115 Å². The molecule has 0 aliphatic carbocycles. The molecule has 0 bridgehead atoms. The lowest BCUT2D eigenvalue weighted by Crippen LogP contribution is -2.44. The highest BCUT2D eigenvalue weighted by Gasteiger charge is 2.23. The molecule has 0 saturated carbocycles. The average molecular weight is 275 g/mol. The lowest BCUT2D eigenvalue weighted by atomic mass is 10.1. The first kappa shape index (κ1) is 12.6. The van der Waals surface area contributed by atoms with Gasteiger partial charge in [0.05, 0.1) is 11.6 Å². The molecule has 1 amide bonds. The number of amides is 1. The van der Waals surface area contributed by atoms with Crippen LogP contribution >= 0.6 is 0 Å². The third-order valence-electron chi connectivity index (χ3n) is 3.24.